The molecule has 12 nitrogen and oxygen atoms in total. The number of hydrogen-bond donors (Lipinski definition) is 0. The molecule has 5 heterocycles. The lowest BCUT2D eigenvalue weighted by Gasteiger charge is -2.35. The van der Waals surface area contributed by atoms with Crippen molar-refractivity contribution in [2.75, 3.05) is 20.2 Å². The molecule has 3 aromatic carbocycles. The standard InChI is InChI=1S/C18H18BrN5O.C18H21N5OS/c1-25-16-7-5-14(6-8-16)17-18-20-21-22-24(18)10-9-23(17)12-13-3-2-4-15(19)11-13;1-13(2)24-15-7-5-14(6-8-15)17-18-19-20-21-23(18)10-9-22(17)12-16-4-3-11-25-16/h2-8,11,17H,9-10,12H2,1H3;3-8,11,13,17H,9-10,12H2,1-2H3. The Morgan fingerprint density at radius 1 is 0.740 bits per heavy atom. The number of ether oxygens (including phenoxy) is 2. The fraction of sp³-hybridized carbons (Fsp3) is 0.333. The number of fused-ring (bicyclic) bond motifs is 2. The highest BCUT2D eigenvalue weighted by molar-refractivity contribution is 9.10. The van der Waals surface area contributed by atoms with E-state index >= 15 is 0 Å². The van der Waals surface area contributed by atoms with Gasteiger partial charge in [-0.3, -0.25) is 9.80 Å². The zero-order valence-corrected chi connectivity index (χ0v) is 30.6. The maximum absolute atomic E-state index is 5.77. The Hall–Kier alpha value is -4.50. The lowest BCUT2D eigenvalue weighted by atomic mass is 10.0. The van der Waals surface area contributed by atoms with Crippen LogP contribution < -0.4 is 9.47 Å². The van der Waals surface area contributed by atoms with Crippen molar-refractivity contribution in [1.29, 1.82) is 0 Å². The SMILES string of the molecule is CC(C)Oc1ccc(C2c3nnnn3CCN2Cc2cccs2)cc1.COc1ccc(C2c3nnnn3CCN2Cc2cccc(Br)c2)cc1. The molecule has 6 aromatic rings. The number of nitrogens with zero attached hydrogens (tertiary/aromatic N) is 10. The van der Waals surface area contributed by atoms with Crippen LogP contribution in [0.25, 0.3) is 0 Å². The first-order valence-electron chi connectivity index (χ1n) is 16.6. The molecule has 0 saturated carbocycles. The molecule has 0 N–H and O–H groups in total. The van der Waals surface area contributed by atoms with Crippen molar-refractivity contribution in [3.05, 3.63) is 128 Å². The zero-order valence-electron chi connectivity index (χ0n) is 28.2. The predicted octanol–water partition coefficient (Wildman–Crippen LogP) is 6.18. The second kappa shape index (κ2) is 15.6. The lowest BCUT2D eigenvalue weighted by molar-refractivity contribution is 0.164. The molecule has 2 atom stereocenters. The van der Waals surface area contributed by atoms with E-state index < -0.39 is 0 Å². The van der Waals surface area contributed by atoms with Crippen LogP contribution in [-0.4, -0.2) is 76.5 Å². The van der Waals surface area contributed by atoms with Gasteiger partial charge in [0, 0.05) is 35.5 Å². The highest BCUT2D eigenvalue weighted by Crippen LogP contribution is 2.34. The number of aromatic nitrogens is 8. The molecule has 2 aliphatic rings. The normalized spacial score (nSPS) is 17.5. The summed E-state index contributed by atoms with van der Waals surface area (Å²) in [6.45, 7) is 9.23. The second-order valence-electron chi connectivity index (χ2n) is 12.5. The van der Waals surface area contributed by atoms with Gasteiger partial charge in [0.05, 0.1) is 38.4 Å². The molecule has 0 aliphatic carbocycles. The van der Waals surface area contributed by atoms with Gasteiger partial charge in [0.2, 0.25) is 0 Å². The van der Waals surface area contributed by atoms with Crippen LogP contribution >= 0.6 is 27.3 Å². The van der Waals surface area contributed by atoms with E-state index in [1.165, 1.54) is 16.0 Å². The molecule has 14 heteroatoms. The predicted molar refractivity (Wildman–Crippen MR) is 194 cm³/mol. The van der Waals surface area contributed by atoms with E-state index in [4.69, 9.17) is 9.47 Å². The van der Waals surface area contributed by atoms with Crippen LogP contribution in [-0.2, 0) is 26.2 Å². The van der Waals surface area contributed by atoms with Crippen molar-refractivity contribution < 1.29 is 9.47 Å². The Kier molecular flexibility index (Phi) is 10.6. The Morgan fingerprint density at radius 3 is 1.88 bits per heavy atom. The van der Waals surface area contributed by atoms with Gasteiger partial charge in [-0.25, -0.2) is 9.36 Å². The van der Waals surface area contributed by atoms with Crippen LogP contribution in [0.2, 0.25) is 0 Å². The van der Waals surface area contributed by atoms with E-state index in [1.807, 2.05) is 53.5 Å². The third-order valence-corrected chi connectivity index (χ3v) is 10.1. The number of halogens is 1. The number of hydrogen-bond acceptors (Lipinski definition) is 11. The highest BCUT2D eigenvalue weighted by atomic mass is 79.9. The average molecular weight is 756 g/mol. The summed E-state index contributed by atoms with van der Waals surface area (Å²) in [4.78, 5) is 6.20. The van der Waals surface area contributed by atoms with E-state index in [9.17, 15) is 0 Å². The summed E-state index contributed by atoms with van der Waals surface area (Å²) in [6.07, 6.45) is 0.170. The third kappa shape index (κ3) is 7.78. The summed E-state index contributed by atoms with van der Waals surface area (Å²) in [5.74, 6) is 3.52. The van der Waals surface area contributed by atoms with Crippen LogP contribution in [0.4, 0.5) is 0 Å². The van der Waals surface area contributed by atoms with Gasteiger partial charge in [0.1, 0.15) is 11.5 Å². The highest BCUT2D eigenvalue weighted by Gasteiger charge is 2.33. The molecule has 0 fully saturated rings. The van der Waals surface area contributed by atoms with Crippen LogP contribution in [0, 0.1) is 0 Å². The summed E-state index contributed by atoms with van der Waals surface area (Å²) >= 11 is 5.34. The smallest absolute Gasteiger partial charge is 0.173 e. The molecule has 2 unspecified atom stereocenters. The molecular formula is C36H39BrN10O2S. The van der Waals surface area contributed by atoms with Crippen LogP contribution in [0.15, 0.2) is 94.8 Å². The summed E-state index contributed by atoms with van der Waals surface area (Å²) < 4.78 is 15.9. The monoisotopic (exact) mass is 754 g/mol. The molecule has 0 radical (unpaired) electrons. The minimum absolute atomic E-state index is 0.0219. The van der Waals surface area contributed by atoms with Gasteiger partial charge in [0.15, 0.2) is 11.6 Å². The lowest BCUT2D eigenvalue weighted by Crippen LogP contribution is -2.38. The Morgan fingerprint density at radius 2 is 1.34 bits per heavy atom. The molecule has 50 heavy (non-hydrogen) atoms. The van der Waals surface area contributed by atoms with Crippen molar-refractivity contribution in [3.8, 4) is 11.5 Å². The largest absolute Gasteiger partial charge is 0.497 e. The fourth-order valence-electron chi connectivity index (χ4n) is 6.48. The molecule has 258 valence electrons. The minimum Gasteiger partial charge on any atom is -0.497 e. The van der Waals surface area contributed by atoms with E-state index in [-0.39, 0.29) is 18.2 Å². The summed E-state index contributed by atoms with van der Waals surface area (Å²) in [5, 5.41) is 26.7. The van der Waals surface area contributed by atoms with E-state index in [0.29, 0.717) is 0 Å². The summed E-state index contributed by atoms with van der Waals surface area (Å²) in [6, 6.07) is 29.2. The van der Waals surface area contributed by atoms with Gasteiger partial charge in [-0.1, -0.05) is 58.4 Å². The van der Waals surface area contributed by atoms with Gasteiger partial charge in [-0.05, 0) is 99.2 Å². The molecular weight excluding hydrogens is 716 g/mol. The molecule has 0 spiro atoms. The van der Waals surface area contributed by atoms with Gasteiger partial charge >= 0.3 is 0 Å². The van der Waals surface area contributed by atoms with Crippen LogP contribution in [0.1, 0.15) is 59.1 Å². The first-order valence-corrected chi connectivity index (χ1v) is 18.3. The van der Waals surface area contributed by atoms with Crippen molar-refractivity contribution in [2.24, 2.45) is 0 Å². The molecule has 2 aliphatic heterocycles. The third-order valence-electron chi connectivity index (χ3n) is 8.75. The van der Waals surface area contributed by atoms with Crippen molar-refractivity contribution in [3.63, 3.8) is 0 Å². The summed E-state index contributed by atoms with van der Waals surface area (Å²) in [7, 11) is 1.68. The van der Waals surface area contributed by atoms with Gasteiger partial charge < -0.3 is 9.47 Å². The quantitative estimate of drug-likeness (QED) is 0.170. The zero-order chi connectivity index (χ0) is 34.5. The fourth-order valence-corrected chi connectivity index (χ4v) is 7.66. The van der Waals surface area contributed by atoms with Gasteiger partial charge in [0.25, 0.3) is 0 Å². The minimum atomic E-state index is 0.0219. The molecule has 8 rings (SSSR count). The Labute approximate surface area is 303 Å². The van der Waals surface area contributed by atoms with Crippen molar-refractivity contribution >= 4 is 27.3 Å². The number of methoxy groups -OCH3 is 1. The molecule has 0 amide bonds. The second-order valence-corrected chi connectivity index (χ2v) is 14.4. The Bertz CT molecular complexity index is 1960. The molecule has 0 saturated heterocycles. The van der Waals surface area contributed by atoms with E-state index in [0.717, 1.165) is 72.5 Å². The van der Waals surface area contributed by atoms with Crippen molar-refractivity contribution in [1.82, 2.24) is 50.2 Å². The average Bonchev–Trinajstić information content (AvgIpc) is 3.92. The number of thiophene rings is 1. The number of rotatable bonds is 9. The first-order chi connectivity index (χ1) is 24.4. The van der Waals surface area contributed by atoms with Gasteiger partial charge in [-0.15, -0.1) is 21.5 Å². The van der Waals surface area contributed by atoms with Crippen LogP contribution in [0.5, 0.6) is 11.5 Å². The van der Waals surface area contributed by atoms with E-state index in [2.05, 4.69) is 117 Å². The Balaban J connectivity index is 0.000000157. The maximum Gasteiger partial charge on any atom is 0.173 e. The topological polar surface area (TPSA) is 112 Å². The number of tetrazole rings is 2. The summed E-state index contributed by atoms with van der Waals surface area (Å²) in [5.41, 5.74) is 3.60. The molecule has 3 aromatic heterocycles. The maximum atomic E-state index is 5.77. The molecule has 0 bridgehead atoms. The first kappa shape index (κ1) is 34.0. The van der Waals surface area contributed by atoms with Crippen molar-refractivity contribution in [2.45, 2.75) is 58.2 Å². The van der Waals surface area contributed by atoms with E-state index in [1.54, 1.807) is 18.4 Å². The van der Waals surface area contributed by atoms with Gasteiger partial charge in [-0.2, -0.15) is 0 Å². The number of benzene rings is 3. The van der Waals surface area contributed by atoms with Crippen LogP contribution in [0.3, 0.4) is 0 Å².